The van der Waals surface area contributed by atoms with Crippen molar-refractivity contribution in [3.63, 3.8) is 0 Å². The SMILES string of the molecule is CNC(C)(C)CNc1cc(C)c(OC)cc1C. The molecule has 0 saturated carbocycles. The smallest absolute Gasteiger partial charge is 0.122 e. The zero-order valence-electron chi connectivity index (χ0n) is 11.8. The van der Waals surface area contributed by atoms with E-state index in [0.29, 0.717) is 0 Å². The van der Waals surface area contributed by atoms with Crippen LogP contribution >= 0.6 is 0 Å². The second kappa shape index (κ2) is 5.41. The Hall–Kier alpha value is -1.22. The molecule has 0 bridgehead atoms. The van der Waals surface area contributed by atoms with E-state index >= 15 is 0 Å². The number of anilines is 1. The van der Waals surface area contributed by atoms with Gasteiger partial charge in [-0.1, -0.05) is 0 Å². The molecule has 1 rings (SSSR count). The quantitative estimate of drug-likeness (QED) is 0.824. The van der Waals surface area contributed by atoms with Crippen LogP contribution < -0.4 is 15.4 Å². The Labute approximate surface area is 105 Å². The predicted molar refractivity (Wildman–Crippen MR) is 74.1 cm³/mol. The lowest BCUT2D eigenvalue weighted by atomic mass is 10.0. The van der Waals surface area contributed by atoms with Crippen LogP contribution in [0.1, 0.15) is 25.0 Å². The number of ether oxygens (including phenoxy) is 1. The van der Waals surface area contributed by atoms with E-state index in [9.17, 15) is 0 Å². The van der Waals surface area contributed by atoms with Gasteiger partial charge in [0, 0.05) is 17.8 Å². The Morgan fingerprint density at radius 2 is 1.82 bits per heavy atom. The highest BCUT2D eigenvalue weighted by molar-refractivity contribution is 5.57. The maximum atomic E-state index is 5.31. The van der Waals surface area contributed by atoms with Gasteiger partial charge >= 0.3 is 0 Å². The summed E-state index contributed by atoms with van der Waals surface area (Å²) in [7, 11) is 3.69. The molecule has 0 aliphatic carbocycles. The second-order valence-corrected chi connectivity index (χ2v) is 5.12. The molecule has 0 radical (unpaired) electrons. The number of benzene rings is 1. The van der Waals surface area contributed by atoms with Gasteiger partial charge in [-0.2, -0.15) is 0 Å². The fourth-order valence-corrected chi connectivity index (χ4v) is 1.60. The van der Waals surface area contributed by atoms with E-state index in [-0.39, 0.29) is 5.54 Å². The Kier molecular flexibility index (Phi) is 4.40. The van der Waals surface area contributed by atoms with Gasteiger partial charge < -0.3 is 15.4 Å². The van der Waals surface area contributed by atoms with Crippen molar-refractivity contribution in [2.75, 3.05) is 26.0 Å². The maximum Gasteiger partial charge on any atom is 0.122 e. The Morgan fingerprint density at radius 1 is 1.18 bits per heavy atom. The van der Waals surface area contributed by atoms with Gasteiger partial charge in [-0.05, 0) is 58.0 Å². The maximum absolute atomic E-state index is 5.31. The highest BCUT2D eigenvalue weighted by Crippen LogP contribution is 2.26. The first-order valence-corrected chi connectivity index (χ1v) is 5.97. The van der Waals surface area contributed by atoms with Crippen LogP contribution in [0.3, 0.4) is 0 Å². The molecular formula is C14H24N2O. The zero-order chi connectivity index (χ0) is 13.1. The minimum absolute atomic E-state index is 0.0836. The standard InChI is InChI=1S/C14H24N2O/c1-10-8-13(17-6)11(2)7-12(10)16-9-14(3,4)15-5/h7-8,15-16H,9H2,1-6H3. The van der Waals surface area contributed by atoms with Gasteiger partial charge in [0.1, 0.15) is 5.75 Å². The number of rotatable bonds is 5. The monoisotopic (exact) mass is 236 g/mol. The normalized spacial score (nSPS) is 11.4. The Morgan fingerprint density at radius 3 is 2.35 bits per heavy atom. The fourth-order valence-electron chi connectivity index (χ4n) is 1.60. The molecule has 3 nitrogen and oxygen atoms in total. The van der Waals surface area contributed by atoms with Crippen molar-refractivity contribution >= 4 is 5.69 Å². The van der Waals surface area contributed by atoms with E-state index in [0.717, 1.165) is 17.9 Å². The lowest BCUT2D eigenvalue weighted by Gasteiger charge is -2.25. The van der Waals surface area contributed by atoms with E-state index < -0.39 is 0 Å². The molecule has 3 heteroatoms. The van der Waals surface area contributed by atoms with Crippen molar-refractivity contribution in [2.24, 2.45) is 0 Å². The van der Waals surface area contributed by atoms with Crippen LogP contribution in [-0.2, 0) is 0 Å². The number of hydrogen-bond donors (Lipinski definition) is 2. The van der Waals surface area contributed by atoms with Crippen LogP contribution in [0.4, 0.5) is 5.69 Å². The third kappa shape index (κ3) is 3.63. The van der Waals surface area contributed by atoms with Gasteiger partial charge in [0.05, 0.1) is 7.11 Å². The molecule has 0 aromatic heterocycles. The molecule has 0 saturated heterocycles. The van der Waals surface area contributed by atoms with E-state index in [4.69, 9.17) is 4.74 Å². The molecule has 17 heavy (non-hydrogen) atoms. The Balaban J connectivity index is 2.82. The van der Waals surface area contributed by atoms with E-state index in [2.05, 4.69) is 50.5 Å². The lowest BCUT2D eigenvalue weighted by molar-refractivity contribution is 0.411. The number of hydrogen-bond acceptors (Lipinski definition) is 3. The molecule has 0 fully saturated rings. The second-order valence-electron chi connectivity index (χ2n) is 5.12. The molecule has 1 aromatic carbocycles. The average molecular weight is 236 g/mol. The molecule has 0 heterocycles. The summed E-state index contributed by atoms with van der Waals surface area (Å²) < 4.78 is 5.31. The van der Waals surface area contributed by atoms with Crippen molar-refractivity contribution in [1.82, 2.24) is 5.32 Å². The van der Waals surface area contributed by atoms with Gasteiger partial charge in [0.2, 0.25) is 0 Å². The van der Waals surface area contributed by atoms with Crippen LogP contribution in [0.5, 0.6) is 5.75 Å². The lowest BCUT2D eigenvalue weighted by Crippen LogP contribution is -2.42. The molecule has 0 amide bonds. The van der Waals surface area contributed by atoms with Crippen LogP contribution in [0, 0.1) is 13.8 Å². The number of methoxy groups -OCH3 is 1. The average Bonchev–Trinajstić information content (AvgIpc) is 2.29. The summed E-state index contributed by atoms with van der Waals surface area (Å²) >= 11 is 0. The van der Waals surface area contributed by atoms with Gasteiger partial charge in [-0.3, -0.25) is 0 Å². The summed E-state index contributed by atoms with van der Waals surface area (Å²) in [6.45, 7) is 9.39. The molecule has 0 atom stereocenters. The first kappa shape index (κ1) is 13.8. The van der Waals surface area contributed by atoms with Gasteiger partial charge in [0.15, 0.2) is 0 Å². The summed E-state index contributed by atoms with van der Waals surface area (Å²) in [6, 6.07) is 4.21. The zero-order valence-corrected chi connectivity index (χ0v) is 11.8. The summed E-state index contributed by atoms with van der Waals surface area (Å²) in [6.07, 6.45) is 0. The van der Waals surface area contributed by atoms with Crippen molar-refractivity contribution < 1.29 is 4.74 Å². The molecule has 0 unspecified atom stereocenters. The molecular weight excluding hydrogens is 212 g/mol. The molecule has 1 aromatic rings. The van der Waals surface area contributed by atoms with Crippen molar-refractivity contribution in [3.8, 4) is 5.75 Å². The van der Waals surface area contributed by atoms with Crippen molar-refractivity contribution in [3.05, 3.63) is 23.3 Å². The van der Waals surface area contributed by atoms with Gasteiger partial charge in [-0.25, -0.2) is 0 Å². The van der Waals surface area contributed by atoms with Gasteiger partial charge in [0.25, 0.3) is 0 Å². The minimum atomic E-state index is 0.0836. The van der Waals surface area contributed by atoms with E-state index in [1.54, 1.807) is 7.11 Å². The van der Waals surface area contributed by atoms with Crippen LogP contribution in [-0.4, -0.2) is 26.2 Å². The molecule has 0 spiro atoms. The third-order valence-electron chi connectivity index (χ3n) is 3.14. The fraction of sp³-hybridized carbons (Fsp3) is 0.571. The summed E-state index contributed by atoms with van der Waals surface area (Å²) in [4.78, 5) is 0. The van der Waals surface area contributed by atoms with Crippen molar-refractivity contribution in [2.45, 2.75) is 33.2 Å². The largest absolute Gasteiger partial charge is 0.496 e. The molecule has 0 aliphatic heterocycles. The Bertz CT molecular complexity index is 386. The van der Waals surface area contributed by atoms with Crippen LogP contribution in [0.2, 0.25) is 0 Å². The molecule has 2 N–H and O–H groups in total. The highest BCUT2D eigenvalue weighted by Gasteiger charge is 2.14. The number of likely N-dealkylation sites (N-methyl/N-ethyl adjacent to an activating group) is 1. The topological polar surface area (TPSA) is 33.3 Å². The first-order valence-electron chi connectivity index (χ1n) is 5.97. The summed E-state index contributed by atoms with van der Waals surface area (Å²) in [5, 5.41) is 6.76. The van der Waals surface area contributed by atoms with Gasteiger partial charge in [-0.15, -0.1) is 0 Å². The molecule has 96 valence electrons. The number of nitrogens with one attached hydrogen (secondary N) is 2. The van der Waals surface area contributed by atoms with E-state index in [1.165, 1.54) is 11.3 Å². The van der Waals surface area contributed by atoms with E-state index in [1.807, 2.05) is 7.05 Å². The number of aryl methyl sites for hydroxylation is 2. The molecule has 0 aliphatic rings. The highest BCUT2D eigenvalue weighted by atomic mass is 16.5. The third-order valence-corrected chi connectivity index (χ3v) is 3.14. The minimum Gasteiger partial charge on any atom is -0.496 e. The van der Waals surface area contributed by atoms with Crippen molar-refractivity contribution in [1.29, 1.82) is 0 Å². The first-order chi connectivity index (χ1) is 7.89. The van der Waals surface area contributed by atoms with Crippen LogP contribution in [0.25, 0.3) is 0 Å². The summed E-state index contributed by atoms with van der Waals surface area (Å²) in [5.74, 6) is 0.945. The predicted octanol–water partition coefficient (Wildman–Crippen LogP) is 2.72. The van der Waals surface area contributed by atoms with Crippen LogP contribution in [0.15, 0.2) is 12.1 Å². The summed E-state index contributed by atoms with van der Waals surface area (Å²) in [5.41, 5.74) is 3.62.